The molecule has 2 unspecified atom stereocenters. The molecule has 0 radical (unpaired) electrons. The Labute approximate surface area is 105 Å². The second kappa shape index (κ2) is 8.48. The predicted octanol–water partition coefficient (Wildman–Crippen LogP) is 1.23. The third kappa shape index (κ3) is 7.34. The van der Waals surface area contributed by atoms with Gasteiger partial charge in [-0.15, -0.1) is 0 Å². The molecule has 17 heavy (non-hydrogen) atoms. The van der Waals surface area contributed by atoms with Crippen LogP contribution in [0.2, 0.25) is 0 Å². The lowest BCUT2D eigenvalue weighted by Crippen LogP contribution is -2.33. The van der Waals surface area contributed by atoms with Crippen LogP contribution >= 0.6 is 0 Å². The molecule has 102 valence electrons. The van der Waals surface area contributed by atoms with Gasteiger partial charge in [-0.1, -0.05) is 13.8 Å². The minimum atomic E-state index is -0.464. The number of carbonyl (C=O) groups excluding carboxylic acids is 1. The highest BCUT2D eigenvalue weighted by atomic mass is 16.3. The maximum atomic E-state index is 11.8. The van der Waals surface area contributed by atoms with Crippen molar-refractivity contribution < 1.29 is 9.90 Å². The Kier molecular flexibility index (Phi) is 8.17. The van der Waals surface area contributed by atoms with Crippen LogP contribution in [0, 0.1) is 11.8 Å². The third-order valence-electron chi connectivity index (χ3n) is 3.17. The zero-order valence-electron chi connectivity index (χ0n) is 11.6. The third-order valence-corrected chi connectivity index (χ3v) is 3.17. The fraction of sp³-hybridized carbons (Fsp3) is 0.923. The quantitative estimate of drug-likeness (QED) is 0.675. The van der Waals surface area contributed by atoms with Gasteiger partial charge >= 0.3 is 0 Å². The van der Waals surface area contributed by atoms with E-state index in [-0.39, 0.29) is 5.91 Å². The average molecular weight is 244 g/mol. The minimum absolute atomic E-state index is 0.105. The first kappa shape index (κ1) is 16.4. The van der Waals surface area contributed by atoms with Crippen molar-refractivity contribution >= 4 is 5.91 Å². The van der Waals surface area contributed by atoms with E-state index in [0.29, 0.717) is 31.3 Å². The first-order valence-corrected chi connectivity index (χ1v) is 6.50. The smallest absolute Gasteiger partial charge is 0.222 e. The summed E-state index contributed by atoms with van der Waals surface area (Å²) in [4.78, 5) is 13.4. The molecule has 0 bridgehead atoms. The number of nitrogens with two attached hydrogens (primary N) is 1. The molecule has 4 heteroatoms. The number of carbonyl (C=O) groups is 1. The molecule has 0 aliphatic heterocycles. The van der Waals surface area contributed by atoms with Crippen LogP contribution in [-0.2, 0) is 4.79 Å². The highest BCUT2D eigenvalue weighted by Crippen LogP contribution is 2.20. The van der Waals surface area contributed by atoms with Crippen molar-refractivity contribution in [1.29, 1.82) is 0 Å². The Bertz CT molecular complexity index is 217. The lowest BCUT2D eigenvalue weighted by molar-refractivity contribution is -0.131. The number of aliphatic hydroxyl groups excluding tert-OH is 1. The van der Waals surface area contributed by atoms with Crippen molar-refractivity contribution in [3.05, 3.63) is 0 Å². The summed E-state index contributed by atoms with van der Waals surface area (Å²) >= 11 is 0. The molecule has 4 nitrogen and oxygen atoms in total. The van der Waals surface area contributed by atoms with Gasteiger partial charge in [0, 0.05) is 20.0 Å². The molecule has 2 atom stereocenters. The van der Waals surface area contributed by atoms with Crippen LogP contribution in [0.3, 0.4) is 0 Å². The number of nitrogens with zero attached hydrogens (tertiary/aromatic N) is 1. The number of hydrogen-bond acceptors (Lipinski definition) is 3. The lowest BCUT2D eigenvalue weighted by Gasteiger charge is -2.23. The standard InChI is InChI=1S/C13H28N2O2/c1-10(2)12(7-8-14)5-6-13(17)15(4)9-11(3)16/h10-12,16H,5-9,14H2,1-4H3. The van der Waals surface area contributed by atoms with Crippen molar-refractivity contribution in [3.8, 4) is 0 Å². The van der Waals surface area contributed by atoms with Crippen molar-refractivity contribution in [3.63, 3.8) is 0 Å². The molecule has 0 heterocycles. The van der Waals surface area contributed by atoms with E-state index in [1.54, 1.807) is 18.9 Å². The molecule has 1 amide bonds. The first-order valence-electron chi connectivity index (χ1n) is 6.50. The molecular formula is C13H28N2O2. The molecule has 0 aromatic carbocycles. The Morgan fingerprint density at radius 3 is 2.29 bits per heavy atom. The minimum Gasteiger partial charge on any atom is -0.392 e. The van der Waals surface area contributed by atoms with Gasteiger partial charge in [-0.25, -0.2) is 0 Å². The zero-order chi connectivity index (χ0) is 13.4. The van der Waals surface area contributed by atoms with Crippen LogP contribution in [0.25, 0.3) is 0 Å². The van der Waals surface area contributed by atoms with Crippen molar-refractivity contribution in [2.24, 2.45) is 17.6 Å². The van der Waals surface area contributed by atoms with Crippen LogP contribution in [0.1, 0.15) is 40.0 Å². The Morgan fingerprint density at radius 2 is 1.88 bits per heavy atom. The molecular weight excluding hydrogens is 216 g/mol. The number of rotatable bonds is 8. The van der Waals surface area contributed by atoms with Crippen molar-refractivity contribution in [2.75, 3.05) is 20.1 Å². The van der Waals surface area contributed by atoms with E-state index in [2.05, 4.69) is 13.8 Å². The molecule has 0 aromatic heterocycles. The van der Waals surface area contributed by atoms with Gasteiger partial charge < -0.3 is 15.7 Å². The van der Waals surface area contributed by atoms with E-state index in [4.69, 9.17) is 5.73 Å². The summed E-state index contributed by atoms with van der Waals surface area (Å²) in [5.41, 5.74) is 5.57. The second-order valence-corrected chi connectivity index (χ2v) is 5.24. The van der Waals surface area contributed by atoms with Crippen LogP contribution in [-0.4, -0.2) is 42.2 Å². The normalized spacial score (nSPS) is 14.8. The molecule has 0 rings (SSSR count). The predicted molar refractivity (Wildman–Crippen MR) is 70.6 cm³/mol. The van der Waals surface area contributed by atoms with E-state index < -0.39 is 6.10 Å². The number of hydrogen-bond donors (Lipinski definition) is 2. The second-order valence-electron chi connectivity index (χ2n) is 5.24. The summed E-state index contributed by atoms with van der Waals surface area (Å²) < 4.78 is 0. The van der Waals surface area contributed by atoms with Gasteiger partial charge in [0.25, 0.3) is 0 Å². The average Bonchev–Trinajstić information content (AvgIpc) is 2.22. The molecule has 3 N–H and O–H groups in total. The maximum absolute atomic E-state index is 11.8. The van der Waals surface area contributed by atoms with E-state index in [9.17, 15) is 9.90 Å². The van der Waals surface area contributed by atoms with Crippen LogP contribution in [0.4, 0.5) is 0 Å². The van der Waals surface area contributed by atoms with Gasteiger partial charge in [0.05, 0.1) is 6.10 Å². The van der Waals surface area contributed by atoms with E-state index >= 15 is 0 Å². The maximum Gasteiger partial charge on any atom is 0.222 e. The van der Waals surface area contributed by atoms with Gasteiger partial charge in [-0.2, -0.15) is 0 Å². The zero-order valence-corrected chi connectivity index (χ0v) is 11.6. The Hall–Kier alpha value is -0.610. The Morgan fingerprint density at radius 1 is 1.29 bits per heavy atom. The number of amides is 1. The molecule has 0 spiro atoms. The molecule has 0 saturated heterocycles. The monoisotopic (exact) mass is 244 g/mol. The summed E-state index contributed by atoms with van der Waals surface area (Å²) in [7, 11) is 1.74. The largest absolute Gasteiger partial charge is 0.392 e. The van der Waals surface area contributed by atoms with E-state index in [1.807, 2.05) is 0 Å². The fourth-order valence-electron chi connectivity index (χ4n) is 2.02. The Balaban J connectivity index is 4.03. The summed E-state index contributed by atoms with van der Waals surface area (Å²) in [6.07, 6.45) is 1.95. The molecule has 0 saturated carbocycles. The van der Waals surface area contributed by atoms with Gasteiger partial charge in [0.1, 0.15) is 0 Å². The van der Waals surface area contributed by atoms with Gasteiger partial charge in [-0.05, 0) is 38.1 Å². The van der Waals surface area contributed by atoms with Crippen LogP contribution in [0.15, 0.2) is 0 Å². The summed E-state index contributed by atoms with van der Waals surface area (Å²) in [6, 6.07) is 0. The van der Waals surface area contributed by atoms with Crippen molar-refractivity contribution in [2.45, 2.75) is 46.1 Å². The molecule has 0 aliphatic carbocycles. The van der Waals surface area contributed by atoms with E-state index in [0.717, 1.165) is 12.8 Å². The van der Waals surface area contributed by atoms with Gasteiger partial charge in [0.2, 0.25) is 5.91 Å². The highest BCUT2D eigenvalue weighted by Gasteiger charge is 2.16. The first-order chi connectivity index (χ1) is 7.88. The fourth-order valence-corrected chi connectivity index (χ4v) is 2.02. The van der Waals surface area contributed by atoms with Crippen LogP contribution in [0.5, 0.6) is 0 Å². The van der Waals surface area contributed by atoms with Crippen LogP contribution < -0.4 is 5.73 Å². The topological polar surface area (TPSA) is 66.6 Å². The SMILES string of the molecule is CC(O)CN(C)C(=O)CCC(CCN)C(C)C. The summed E-state index contributed by atoms with van der Waals surface area (Å²) in [5, 5.41) is 9.21. The summed E-state index contributed by atoms with van der Waals surface area (Å²) in [6.45, 7) is 7.12. The molecule has 0 aromatic rings. The lowest BCUT2D eigenvalue weighted by atomic mass is 9.88. The summed E-state index contributed by atoms with van der Waals surface area (Å²) in [5.74, 6) is 1.19. The number of likely N-dealkylation sites (N-methyl/N-ethyl adjacent to an activating group) is 1. The highest BCUT2D eigenvalue weighted by molar-refractivity contribution is 5.75. The van der Waals surface area contributed by atoms with Crippen molar-refractivity contribution in [1.82, 2.24) is 4.90 Å². The van der Waals surface area contributed by atoms with Gasteiger partial charge in [0.15, 0.2) is 0 Å². The molecule has 0 aliphatic rings. The van der Waals surface area contributed by atoms with Gasteiger partial charge in [-0.3, -0.25) is 4.79 Å². The van der Waals surface area contributed by atoms with E-state index in [1.165, 1.54) is 0 Å². The molecule has 0 fully saturated rings. The number of aliphatic hydroxyl groups is 1.